The average molecular weight is 686 g/mol. The van der Waals surface area contributed by atoms with E-state index in [9.17, 15) is 22.8 Å². The minimum atomic E-state index is -4.50. The van der Waals surface area contributed by atoms with Crippen LogP contribution in [0.4, 0.5) is 23.7 Å². The van der Waals surface area contributed by atoms with Gasteiger partial charge in [-0.05, 0) is 81.8 Å². The number of carbonyl (C=O) groups excluding carboxylic acids is 2. The zero-order valence-corrected chi connectivity index (χ0v) is 28.6. The maximum Gasteiger partial charge on any atom is 0.422 e. The van der Waals surface area contributed by atoms with Crippen LogP contribution in [0.2, 0.25) is 0 Å². The minimum absolute atomic E-state index is 0.0310. The second kappa shape index (κ2) is 16.8. The second-order valence-corrected chi connectivity index (χ2v) is 13.1. The molecule has 49 heavy (non-hydrogen) atoms. The molecule has 0 radical (unpaired) electrons. The molecule has 0 unspecified atom stereocenters. The van der Waals surface area contributed by atoms with E-state index in [1.165, 1.54) is 17.0 Å². The zero-order valence-electron chi connectivity index (χ0n) is 28.6. The molecule has 0 aliphatic carbocycles. The van der Waals surface area contributed by atoms with Gasteiger partial charge in [0.1, 0.15) is 12.2 Å². The van der Waals surface area contributed by atoms with Gasteiger partial charge in [0, 0.05) is 25.7 Å². The van der Waals surface area contributed by atoms with Crippen LogP contribution in [0.1, 0.15) is 61.2 Å². The van der Waals surface area contributed by atoms with Gasteiger partial charge in [0.25, 0.3) is 5.91 Å². The zero-order chi connectivity index (χ0) is 35.6. The van der Waals surface area contributed by atoms with Crippen LogP contribution in [0.15, 0.2) is 66.7 Å². The van der Waals surface area contributed by atoms with Crippen molar-refractivity contribution < 1.29 is 41.7 Å². The summed E-state index contributed by atoms with van der Waals surface area (Å²) in [6, 6.07) is 19.5. The molecular formula is C37H46F3N3O6. The Balaban J connectivity index is 1.42. The number of nitrogens with two attached hydrogens (primary N) is 1. The molecule has 0 bridgehead atoms. The molecule has 2 amide bonds. The third kappa shape index (κ3) is 11.6. The van der Waals surface area contributed by atoms with E-state index in [-0.39, 0.29) is 24.7 Å². The summed E-state index contributed by atoms with van der Waals surface area (Å²) < 4.78 is 60.5. The van der Waals surface area contributed by atoms with E-state index in [0.29, 0.717) is 31.7 Å². The number of ether oxygens (including phenoxy) is 4. The van der Waals surface area contributed by atoms with Crippen molar-refractivity contribution in [3.05, 3.63) is 89.0 Å². The second-order valence-electron chi connectivity index (χ2n) is 13.1. The van der Waals surface area contributed by atoms with Gasteiger partial charge in [-0.25, -0.2) is 4.79 Å². The van der Waals surface area contributed by atoms with Crippen molar-refractivity contribution >= 4 is 17.7 Å². The molecule has 0 aromatic heterocycles. The molecule has 1 aliphatic rings. The van der Waals surface area contributed by atoms with E-state index >= 15 is 0 Å². The Bertz CT molecular complexity index is 1540. The number of anilines is 1. The summed E-state index contributed by atoms with van der Waals surface area (Å²) in [5.41, 5.74) is 9.37. The molecule has 0 spiro atoms. The van der Waals surface area contributed by atoms with Gasteiger partial charge in [-0.2, -0.15) is 13.2 Å². The van der Waals surface area contributed by atoms with Crippen molar-refractivity contribution in [3.8, 4) is 11.5 Å². The van der Waals surface area contributed by atoms with Crippen LogP contribution in [0.5, 0.6) is 11.5 Å². The summed E-state index contributed by atoms with van der Waals surface area (Å²) in [5, 5.41) is 0. The number of fused-ring (bicyclic) bond motifs is 1. The smallest absolute Gasteiger partial charge is 0.422 e. The molecule has 1 aliphatic heterocycles. The Labute approximate surface area is 286 Å². The van der Waals surface area contributed by atoms with Crippen molar-refractivity contribution in [2.24, 2.45) is 5.73 Å². The fourth-order valence-corrected chi connectivity index (χ4v) is 5.71. The van der Waals surface area contributed by atoms with Crippen molar-refractivity contribution in [1.82, 2.24) is 4.90 Å². The van der Waals surface area contributed by atoms with Gasteiger partial charge < -0.3 is 34.5 Å². The number of primary amides is 1. The predicted molar refractivity (Wildman–Crippen MR) is 181 cm³/mol. The summed E-state index contributed by atoms with van der Waals surface area (Å²) in [4.78, 5) is 29.7. The number of hydrogen-bond donors (Lipinski definition) is 1. The molecule has 12 heteroatoms. The fraction of sp³-hybridized carbons (Fsp3) is 0.459. The van der Waals surface area contributed by atoms with Crippen LogP contribution < -0.4 is 20.1 Å². The lowest BCUT2D eigenvalue weighted by atomic mass is 9.97. The van der Waals surface area contributed by atoms with Crippen molar-refractivity contribution in [3.63, 3.8) is 0 Å². The van der Waals surface area contributed by atoms with Gasteiger partial charge in [0.2, 0.25) is 0 Å². The summed E-state index contributed by atoms with van der Waals surface area (Å²) in [6.45, 7) is 8.34. The van der Waals surface area contributed by atoms with Crippen LogP contribution in [-0.4, -0.2) is 74.2 Å². The first kappa shape index (κ1) is 37.4. The van der Waals surface area contributed by atoms with Crippen molar-refractivity contribution in [2.75, 3.05) is 44.4 Å². The van der Waals surface area contributed by atoms with Gasteiger partial charge in [-0.1, -0.05) is 48.5 Å². The van der Waals surface area contributed by atoms with Gasteiger partial charge in [0.05, 0.1) is 24.4 Å². The van der Waals surface area contributed by atoms with E-state index < -0.39 is 36.4 Å². The minimum Gasteiger partial charge on any atom is -0.488 e. The number of carbonyl (C=O) groups is 2. The lowest BCUT2D eigenvalue weighted by Gasteiger charge is -2.32. The number of para-hydroxylation sites is 2. The van der Waals surface area contributed by atoms with Crippen LogP contribution >= 0.6 is 0 Å². The molecule has 3 aromatic rings. The number of benzene rings is 3. The summed E-state index contributed by atoms with van der Waals surface area (Å²) in [5.74, 6) is -0.454. The number of amides is 2. The number of rotatable bonds is 16. The third-order valence-electron chi connectivity index (χ3n) is 7.83. The van der Waals surface area contributed by atoms with Crippen LogP contribution in [0, 0.1) is 0 Å². The van der Waals surface area contributed by atoms with Crippen molar-refractivity contribution in [2.45, 2.75) is 71.4 Å². The molecule has 4 rings (SSSR count). The van der Waals surface area contributed by atoms with E-state index in [2.05, 4.69) is 11.0 Å². The fourth-order valence-electron chi connectivity index (χ4n) is 5.71. The predicted octanol–water partition coefficient (Wildman–Crippen LogP) is 6.94. The van der Waals surface area contributed by atoms with Gasteiger partial charge in [-0.3, -0.25) is 4.79 Å². The van der Waals surface area contributed by atoms with E-state index in [0.717, 1.165) is 41.8 Å². The first-order valence-corrected chi connectivity index (χ1v) is 16.4. The molecule has 1 heterocycles. The molecule has 3 aromatic carbocycles. The maximum absolute atomic E-state index is 13.4. The SMILES string of the molecule is C[C@H](Cc1cc2c(c(C(N)=O)c1)N(CCCOCc1ccccc1)CC2)N(CCOc1ccccc1OCC(F)(F)F)C(=O)OC(C)(C)C. The van der Waals surface area contributed by atoms with E-state index in [1.807, 2.05) is 37.3 Å². The highest BCUT2D eigenvalue weighted by atomic mass is 19.4. The topological polar surface area (TPSA) is 104 Å². The van der Waals surface area contributed by atoms with Gasteiger partial charge in [-0.15, -0.1) is 0 Å². The highest BCUT2D eigenvalue weighted by molar-refractivity contribution is 6.00. The summed E-state index contributed by atoms with van der Waals surface area (Å²) in [7, 11) is 0. The third-order valence-corrected chi connectivity index (χ3v) is 7.83. The molecule has 9 nitrogen and oxygen atoms in total. The normalized spacial score (nSPS) is 13.5. The van der Waals surface area contributed by atoms with E-state index in [4.69, 9.17) is 24.7 Å². The molecule has 266 valence electrons. The van der Waals surface area contributed by atoms with Crippen LogP contribution in [0.25, 0.3) is 0 Å². The average Bonchev–Trinajstić information content (AvgIpc) is 3.43. The highest BCUT2D eigenvalue weighted by Gasteiger charge is 2.30. The molecule has 2 N–H and O–H groups in total. The summed E-state index contributed by atoms with van der Waals surface area (Å²) >= 11 is 0. The Hall–Kier alpha value is -4.45. The van der Waals surface area contributed by atoms with Crippen molar-refractivity contribution in [1.29, 1.82) is 0 Å². The monoisotopic (exact) mass is 685 g/mol. The van der Waals surface area contributed by atoms with Gasteiger partial charge >= 0.3 is 12.3 Å². The first-order chi connectivity index (χ1) is 23.2. The Kier molecular flexibility index (Phi) is 12.8. The van der Waals surface area contributed by atoms with Crippen LogP contribution in [-0.2, 0) is 28.9 Å². The number of hydrogen-bond acceptors (Lipinski definition) is 7. The quantitative estimate of drug-likeness (QED) is 0.163. The highest BCUT2D eigenvalue weighted by Crippen LogP contribution is 2.34. The molecule has 0 fully saturated rings. The van der Waals surface area contributed by atoms with Crippen LogP contribution in [0.3, 0.4) is 0 Å². The Morgan fingerprint density at radius 3 is 2.27 bits per heavy atom. The number of alkyl halides is 3. The molecule has 1 atom stereocenters. The first-order valence-electron chi connectivity index (χ1n) is 16.4. The number of nitrogens with zero attached hydrogens (tertiary/aromatic N) is 2. The number of halogens is 3. The molecule has 0 saturated heterocycles. The Morgan fingerprint density at radius 1 is 0.939 bits per heavy atom. The maximum atomic E-state index is 13.4. The van der Waals surface area contributed by atoms with Gasteiger partial charge in [0.15, 0.2) is 18.1 Å². The van der Waals surface area contributed by atoms with E-state index in [1.54, 1.807) is 39.0 Å². The lowest BCUT2D eigenvalue weighted by Crippen LogP contribution is -2.45. The summed E-state index contributed by atoms with van der Waals surface area (Å²) in [6.07, 6.45) is -3.14. The Morgan fingerprint density at radius 2 is 1.61 bits per heavy atom. The standard InChI is InChI=1S/C37H46F3N3O6/c1-26(43(35(45)49-36(2,3)4)18-20-47-31-13-8-9-14-32(31)48-25-37(38,39)40)21-28-22-29-15-17-42(33(29)30(23-28)34(41)44)16-10-19-46-24-27-11-6-5-7-12-27/h5-9,11-14,22-23,26H,10,15-21,24-25H2,1-4H3,(H2,41,44)/t26-/m1/s1. The molecule has 0 saturated carbocycles. The molecular weight excluding hydrogens is 639 g/mol. The lowest BCUT2D eigenvalue weighted by molar-refractivity contribution is -0.153. The largest absolute Gasteiger partial charge is 0.488 e.